The molecule has 4 nitrogen and oxygen atoms in total. The number of nitrogens with two attached hydrogens (primary N) is 1. The van der Waals surface area contributed by atoms with Crippen LogP contribution in [0.25, 0.3) is 0 Å². The molecule has 1 heterocycles. The Morgan fingerprint density at radius 3 is 2.81 bits per heavy atom. The number of hydrogen-bond donors (Lipinski definition) is 2. The average Bonchev–Trinajstić information content (AvgIpc) is 2.80. The molecule has 4 heteroatoms. The second-order valence-electron chi connectivity index (χ2n) is 4.72. The van der Waals surface area contributed by atoms with Gasteiger partial charge in [-0.3, -0.25) is 0 Å². The van der Waals surface area contributed by atoms with Crippen LogP contribution in [-0.4, -0.2) is 28.2 Å². The van der Waals surface area contributed by atoms with Crippen LogP contribution in [0, 0.1) is 0 Å². The minimum Gasteiger partial charge on any atom is -0.337 e. The summed E-state index contributed by atoms with van der Waals surface area (Å²) in [6, 6.07) is 1.14. The van der Waals surface area contributed by atoms with E-state index in [1.165, 1.54) is 32.1 Å². The van der Waals surface area contributed by atoms with E-state index in [9.17, 15) is 0 Å². The van der Waals surface area contributed by atoms with Crippen molar-refractivity contribution >= 4 is 0 Å². The molecule has 16 heavy (non-hydrogen) atoms. The molecular formula is C12H22N4. The summed E-state index contributed by atoms with van der Waals surface area (Å²) >= 11 is 0. The number of rotatable bonds is 5. The number of nitrogens with one attached hydrogen (secondary N) is 1. The van der Waals surface area contributed by atoms with Gasteiger partial charge in [0, 0.05) is 31.0 Å². The molecule has 2 rings (SSSR count). The van der Waals surface area contributed by atoms with Crippen molar-refractivity contribution in [2.24, 2.45) is 5.73 Å². The SMILES string of the molecule is NC1CCC(NCCCn2ccnc2)CC1. The lowest BCUT2D eigenvalue weighted by Gasteiger charge is -2.26. The van der Waals surface area contributed by atoms with Crippen LogP contribution in [0.15, 0.2) is 18.7 Å². The van der Waals surface area contributed by atoms with Gasteiger partial charge >= 0.3 is 0 Å². The summed E-state index contributed by atoms with van der Waals surface area (Å²) < 4.78 is 2.12. The first-order valence-corrected chi connectivity index (χ1v) is 6.29. The number of aromatic nitrogens is 2. The van der Waals surface area contributed by atoms with E-state index in [0.717, 1.165) is 13.1 Å². The van der Waals surface area contributed by atoms with Crippen LogP contribution in [0.1, 0.15) is 32.1 Å². The summed E-state index contributed by atoms with van der Waals surface area (Å²) in [6.07, 6.45) is 11.7. The van der Waals surface area contributed by atoms with E-state index < -0.39 is 0 Å². The third-order valence-corrected chi connectivity index (χ3v) is 3.36. The molecule has 1 aliphatic rings. The van der Waals surface area contributed by atoms with Gasteiger partial charge in [-0.1, -0.05) is 0 Å². The van der Waals surface area contributed by atoms with Crippen molar-refractivity contribution in [3.8, 4) is 0 Å². The number of imidazole rings is 1. The second kappa shape index (κ2) is 6.01. The monoisotopic (exact) mass is 222 g/mol. The van der Waals surface area contributed by atoms with E-state index in [1.807, 2.05) is 18.7 Å². The molecule has 0 aromatic carbocycles. The number of hydrogen-bond acceptors (Lipinski definition) is 3. The van der Waals surface area contributed by atoms with E-state index in [2.05, 4.69) is 14.9 Å². The Labute approximate surface area is 97.2 Å². The van der Waals surface area contributed by atoms with Gasteiger partial charge in [0.05, 0.1) is 6.33 Å². The first-order valence-electron chi connectivity index (χ1n) is 6.29. The molecule has 1 saturated carbocycles. The maximum Gasteiger partial charge on any atom is 0.0945 e. The molecule has 0 aliphatic heterocycles. The Kier molecular flexibility index (Phi) is 4.36. The molecule has 3 N–H and O–H groups in total. The van der Waals surface area contributed by atoms with Crippen LogP contribution in [0.5, 0.6) is 0 Å². The molecule has 0 unspecified atom stereocenters. The van der Waals surface area contributed by atoms with Crippen molar-refractivity contribution in [1.29, 1.82) is 0 Å². The fourth-order valence-electron chi connectivity index (χ4n) is 2.31. The minimum atomic E-state index is 0.448. The first kappa shape index (κ1) is 11.6. The van der Waals surface area contributed by atoms with Crippen LogP contribution in [-0.2, 0) is 6.54 Å². The van der Waals surface area contributed by atoms with Gasteiger partial charge in [0.15, 0.2) is 0 Å². The smallest absolute Gasteiger partial charge is 0.0945 e. The molecule has 0 amide bonds. The summed E-state index contributed by atoms with van der Waals surface area (Å²) in [7, 11) is 0. The molecule has 1 aliphatic carbocycles. The van der Waals surface area contributed by atoms with Crippen molar-refractivity contribution < 1.29 is 0 Å². The van der Waals surface area contributed by atoms with E-state index in [-0.39, 0.29) is 0 Å². The molecule has 0 spiro atoms. The molecule has 1 aromatic heterocycles. The van der Waals surface area contributed by atoms with Gasteiger partial charge < -0.3 is 15.6 Å². The van der Waals surface area contributed by atoms with Crippen molar-refractivity contribution in [3.63, 3.8) is 0 Å². The van der Waals surface area contributed by atoms with Gasteiger partial charge in [-0.05, 0) is 38.6 Å². The van der Waals surface area contributed by atoms with Crippen molar-refractivity contribution in [1.82, 2.24) is 14.9 Å². The Hall–Kier alpha value is -0.870. The Morgan fingerprint density at radius 2 is 2.12 bits per heavy atom. The molecular weight excluding hydrogens is 200 g/mol. The fraction of sp³-hybridized carbons (Fsp3) is 0.750. The van der Waals surface area contributed by atoms with Crippen LogP contribution in [0.4, 0.5) is 0 Å². The van der Waals surface area contributed by atoms with E-state index in [1.54, 1.807) is 0 Å². The van der Waals surface area contributed by atoms with Crippen LogP contribution in [0.2, 0.25) is 0 Å². The number of nitrogens with zero attached hydrogens (tertiary/aromatic N) is 2. The third kappa shape index (κ3) is 3.61. The summed E-state index contributed by atoms with van der Waals surface area (Å²) in [5.74, 6) is 0. The van der Waals surface area contributed by atoms with Crippen molar-refractivity contribution in [3.05, 3.63) is 18.7 Å². The largest absolute Gasteiger partial charge is 0.337 e. The normalized spacial score (nSPS) is 25.8. The predicted molar refractivity (Wildman–Crippen MR) is 65.1 cm³/mol. The fourth-order valence-corrected chi connectivity index (χ4v) is 2.31. The predicted octanol–water partition coefficient (Wildman–Crippen LogP) is 1.13. The van der Waals surface area contributed by atoms with Gasteiger partial charge in [-0.25, -0.2) is 4.98 Å². The second-order valence-corrected chi connectivity index (χ2v) is 4.72. The van der Waals surface area contributed by atoms with Gasteiger partial charge in [0.1, 0.15) is 0 Å². The Morgan fingerprint density at radius 1 is 1.31 bits per heavy atom. The lowest BCUT2D eigenvalue weighted by atomic mass is 9.92. The molecule has 0 saturated heterocycles. The standard InChI is InChI=1S/C12H22N4/c13-11-2-4-12(5-3-11)15-6-1-8-16-9-7-14-10-16/h7,9-12,15H,1-6,8,13H2. The quantitative estimate of drug-likeness (QED) is 0.734. The van der Waals surface area contributed by atoms with Crippen LogP contribution in [0.3, 0.4) is 0 Å². The van der Waals surface area contributed by atoms with Gasteiger partial charge in [-0.15, -0.1) is 0 Å². The zero-order valence-corrected chi connectivity index (χ0v) is 9.81. The Balaban J connectivity index is 1.55. The topological polar surface area (TPSA) is 55.9 Å². The van der Waals surface area contributed by atoms with E-state index >= 15 is 0 Å². The van der Waals surface area contributed by atoms with Crippen molar-refractivity contribution in [2.75, 3.05) is 6.54 Å². The lowest BCUT2D eigenvalue weighted by molar-refractivity contribution is 0.340. The lowest BCUT2D eigenvalue weighted by Crippen LogP contribution is -2.37. The molecule has 1 fully saturated rings. The highest BCUT2D eigenvalue weighted by molar-refractivity contribution is 4.79. The van der Waals surface area contributed by atoms with E-state index in [4.69, 9.17) is 5.73 Å². The van der Waals surface area contributed by atoms with Crippen molar-refractivity contribution in [2.45, 2.75) is 50.7 Å². The summed E-state index contributed by atoms with van der Waals surface area (Å²) in [6.45, 7) is 2.15. The molecule has 0 atom stereocenters. The van der Waals surface area contributed by atoms with Crippen LogP contribution >= 0.6 is 0 Å². The summed E-state index contributed by atoms with van der Waals surface area (Å²) in [5, 5.41) is 3.62. The average molecular weight is 222 g/mol. The molecule has 1 aromatic rings. The van der Waals surface area contributed by atoms with E-state index in [0.29, 0.717) is 12.1 Å². The number of aryl methyl sites for hydroxylation is 1. The molecule has 0 radical (unpaired) electrons. The van der Waals surface area contributed by atoms with Crippen LogP contribution < -0.4 is 11.1 Å². The van der Waals surface area contributed by atoms with Gasteiger partial charge in [0.25, 0.3) is 0 Å². The highest BCUT2D eigenvalue weighted by Crippen LogP contribution is 2.16. The third-order valence-electron chi connectivity index (χ3n) is 3.36. The highest BCUT2D eigenvalue weighted by Gasteiger charge is 2.17. The minimum absolute atomic E-state index is 0.448. The maximum absolute atomic E-state index is 5.88. The molecule has 0 bridgehead atoms. The van der Waals surface area contributed by atoms with Gasteiger partial charge in [0.2, 0.25) is 0 Å². The van der Waals surface area contributed by atoms with Gasteiger partial charge in [-0.2, -0.15) is 0 Å². The maximum atomic E-state index is 5.88. The Bertz CT molecular complexity index is 275. The molecule has 90 valence electrons. The summed E-state index contributed by atoms with van der Waals surface area (Å²) in [4.78, 5) is 4.03. The first-order chi connectivity index (χ1) is 7.84. The highest BCUT2D eigenvalue weighted by atomic mass is 15.0. The summed E-state index contributed by atoms with van der Waals surface area (Å²) in [5.41, 5.74) is 5.88. The zero-order chi connectivity index (χ0) is 11.2. The zero-order valence-electron chi connectivity index (χ0n) is 9.81.